The second kappa shape index (κ2) is 5.44. The Hall–Kier alpha value is -1.65. The number of hydrogen-bond donors (Lipinski definition) is 2. The van der Waals surface area contributed by atoms with E-state index in [2.05, 4.69) is 15.3 Å². The first-order valence-corrected chi connectivity index (χ1v) is 5.32. The van der Waals surface area contributed by atoms with Crippen molar-refractivity contribution in [3.8, 4) is 0 Å². The number of aromatic nitrogens is 2. The van der Waals surface area contributed by atoms with Crippen molar-refractivity contribution < 1.29 is 9.90 Å². The zero-order chi connectivity index (χ0) is 12.1. The summed E-state index contributed by atoms with van der Waals surface area (Å²) < 4.78 is 0. The summed E-state index contributed by atoms with van der Waals surface area (Å²) in [7, 11) is 0. The fourth-order valence-electron chi connectivity index (χ4n) is 1.43. The first-order valence-electron chi connectivity index (χ1n) is 5.32. The number of carboxylic acids is 1. The summed E-state index contributed by atoms with van der Waals surface area (Å²) in [6, 6.07) is 1.87. The minimum absolute atomic E-state index is 0.356. The quantitative estimate of drug-likeness (QED) is 0.793. The molecule has 1 rings (SSSR count). The number of carbonyl (C=O) groups is 1. The molecule has 5 nitrogen and oxygen atoms in total. The molecule has 0 aliphatic heterocycles. The van der Waals surface area contributed by atoms with Crippen LogP contribution in [0.25, 0.3) is 0 Å². The molecule has 1 heterocycles. The first kappa shape index (κ1) is 12.4. The predicted octanol–water partition coefficient (Wildman–Crippen LogP) is 1.62. The van der Waals surface area contributed by atoms with Crippen LogP contribution < -0.4 is 5.32 Å². The minimum atomic E-state index is -0.792. The van der Waals surface area contributed by atoms with E-state index in [4.69, 9.17) is 5.11 Å². The molecule has 1 aromatic rings. The fraction of sp³-hybridized carbons (Fsp3) is 0.545. The highest BCUT2D eigenvalue weighted by Crippen LogP contribution is 2.07. The van der Waals surface area contributed by atoms with E-state index in [-0.39, 0.29) is 0 Å². The standard InChI is InChI=1S/C11H17N3O2/c1-4-9(10(15)16)6-12-11-13-7(2)5-8(3)14-11/h5,9H,4,6H2,1-3H3,(H,15,16)(H,12,13,14). The van der Waals surface area contributed by atoms with Gasteiger partial charge in [0.05, 0.1) is 5.92 Å². The van der Waals surface area contributed by atoms with Crippen molar-refractivity contribution in [1.82, 2.24) is 9.97 Å². The van der Waals surface area contributed by atoms with Gasteiger partial charge in [-0.25, -0.2) is 9.97 Å². The average molecular weight is 223 g/mol. The van der Waals surface area contributed by atoms with E-state index in [1.807, 2.05) is 26.8 Å². The Bertz CT molecular complexity index is 359. The molecule has 0 saturated carbocycles. The van der Waals surface area contributed by atoms with Crippen LogP contribution in [-0.4, -0.2) is 27.6 Å². The van der Waals surface area contributed by atoms with Crippen LogP contribution in [0.15, 0.2) is 6.07 Å². The van der Waals surface area contributed by atoms with Crippen molar-refractivity contribution in [3.63, 3.8) is 0 Å². The van der Waals surface area contributed by atoms with Crippen molar-refractivity contribution in [2.24, 2.45) is 5.92 Å². The van der Waals surface area contributed by atoms with Crippen molar-refractivity contribution in [2.75, 3.05) is 11.9 Å². The van der Waals surface area contributed by atoms with Crippen LogP contribution in [0.3, 0.4) is 0 Å². The molecule has 2 N–H and O–H groups in total. The van der Waals surface area contributed by atoms with E-state index in [1.165, 1.54) is 0 Å². The molecular formula is C11H17N3O2. The van der Waals surface area contributed by atoms with Gasteiger partial charge in [-0.1, -0.05) is 6.92 Å². The topological polar surface area (TPSA) is 75.1 Å². The van der Waals surface area contributed by atoms with Gasteiger partial charge in [-0.15, -0.1) is 0 Å². The number of carboxylic acid groups (broad SMARTS) is 1. The highest BCUT2D eigenvalue weighted by atomic mass is 16.4. The van der Waals surface area contributed by atoms with Gasteiger partial charge in [0.1, 0.15) is 0 Å². The van der Waals surface area contributed by atoms with E-state index < -0.39 is 11.9 Å². The van der Waals surface area contributed by atoms with Crippen LogP contribution in [0.2, 0.25) is 0 Å². The second-order valence-electron chi connectivity index (χ2n) is 3.80. The highest BCUT2D eigenvalue weighted by Gasteiger charge is 2.14. The number of nitrogens with zero attached hydrogens (tertiary/aromatic N) is 2. The van der Waals surface area contributed by atoms with E-state index >= 15 is 0 Å². The summed E-state index contributed by atoms with van der Waals surface area (Å²) >= 11 is 0. The Morgan fingerprint density at radius 1 is 1.44 bits per heavy atom. The summed E-state index contributed by atoms with van der Waals surface area (Å²) in [5.41, 5.74) is 1.75. The van der Waals surface area contributed by atoms with E-state index in [0.717, 1.165) is 11.4 Å². The monoisotopic (exact) mass is 223 g/mol. The summed E-state index contributed by atoms with van der Waals surface area (Å²) in [5, 5.41) is 11.8. The van der Waals surface area contributed by atoms with Crippen LogP contribution in [0.5, 0.6) is 0 Å². The lowest BCUT2D eigenvalue weighted by Crippen LogP contribution is -2.23. The number of nitrogens with one attached hydrogen (secondary N) is 1. The molecule has 0 aliphatic rings. The number of aryl methyl sites for hydroxylation is 2. The lowest BCUT2D eigenvalue weighted by Gasteiger charge is -2.11. The van der Waals surface area contributed by atoms with Gasteiger partial charge >= 0.3 is 5.97 Å². The van der Waals surface area contributed by atoms with Gasteiger partial charge in [-0.05, 0) is 26.3 Å². The van der Waals surface area contributed by atoms with Crippen LogP contribution in [0.4, 0.5) is 5.95 Å². The molecule has 0 bridgehead atoms. The third kappa shape index (κ3) is 3.49. The molecular weight excluding hydrogens is 206 g/mol. The maximum Gasteiger partial charge on any atom is 0.308 e. The maximum absolute atomic E-state index is 10.8. The van der Waals surface area contributed by atoms with Gasteiger partial charge in [0.15, 0.2) is 0 Å². The molecule has 0 fully saturated rings. The Morgan fingerprint density at radius 3 is 2.44 bits per heavy atom. The van der Waals surface area contributed by atoms with Gasteiger partial charge in [0, 0.05) is 17.9 Å². The van der Waals surface area contributed by atoms with E-state index in [1.54, 1.807) is 0 Å². The van der Waals surface area contributed by atoms with Crippen LogP contribution >= 0.6 is 0 Å². The lowest BCUT2D eigenvalue weighted by molar-refractivity contribution is -0.141. The van der Waals surface area contributed by atoms with Gasteiger partial charge in [-0.2, -0.15) is 0 Å². The van der Waals surface area contributed by atoms with Gasteiger partial charge in [0.2, 0.25) is 5.95 Å². The molecule has 1 atom stereocenters. The second-order valence-corrected chi connectivity index (χ2v) is 3.80. The Morgan fingerprint density at radius 2 is 2.00 bits per heavy atom. The van der Waals surface area contributed by atoms with Gasteiger partial charge < -0.3 is 10.4 Å². The summed E-state index contributed by atoms with van der Waals surface area (Å²) in [6.07, 6.45) is 0.590. The first-order chi connectivity index (χ1) is 7.52. The van der Waals surface area contributed by atoms with Crippen molar-refractivity contribution in [1.29, 1.82) is 0 Å². The summed E-state index contributed by atoms with van der Waals surface area (Å²) in [5.74, 6) is -0.694. The average Bonchev–Trinajstić information content (AvgIpc) is 2.16. The Labute approximate surface area is 94.9 Å². The van der Waals surface area contributed by atoms with Crippen LogP contribution in [-0.2, 0) is 4.79 Å². The third-order valence-electron chi connectivity index (χ3n) is 2.33. The number of anilines is 1. The normalized spacial score (nSPS) is 12.2. The van der Waals surface area contributed by atoms with Crippen molar-refractivity contribution in [3.05, 3.63) is 17.5 Å². The molecule has 1 aromatic heterocycles. The zero-order valence-corrected chi connectivity index (χ0v) is 9.82. The zero-order valence-electron chi connectivity index (χ0n) is 9.82. The van der Waals surface area contributed by atoms with E-state index in [0.29, 0.717) is 18.9 Å². The Balaban J connectivity index is 2.63. The smallest absolute Gasteiger partial charge is 0.308 e. The number of aliphatic carboxylic acids is 1. The maximum atomic E-state index is 10.8. The van der Waals surface area contributed by atoms with Crippen LogP contribution in [0.1, 0.15) is 24.7 Å². The molecule has 0 amide bonds. The van der Waals surface area contributed by atoms with E-state index in [9.17, 15) is 4.79 Å². The molecule has 0 spiro atoms. The molecule has 1 unspecified atom stereocenters. The van der Waals surface area contributed by atoms with Gasteiger partial charge in [-0.3, -0.25) is 4.79 Å². The largest absolute Gasteiger partial charge is 0.481 e. The third-order valence-corrected chi connectivity index (χ3v) is 2.33. The molecule has 0 aromatic carbocycles. The number of hydrogen-bond acceptors (Lipinski definition) is 4. The molecule has 5 heteroatoms. The minimum Gasteiger partial charge on any atom is -0.481 e. The molecule has 0 aliphatic carbocycles. The molecule has 0 radical (unpaired) electrons. The Kier molecular flexibility index (Phi) is 4.22. The lowest BCUT2D eigenvalue weighted by atomic mass is 10.1. The fourth-order valence-corrected chi connectivity index (χ4v) is 1.43. The number of rotatable bonds is 5. The van der Waals surface area contributed by atoms with Gasteiger partial charge in [0.25, 0.3) is 0 Å². The SMILES string of the molecule is CCC(CNc1nc(C)cc(C)n1)C(=O)O. The molecule has 88 valence electrons. The van der Waals surface area contributed by atoms with Crippen molar-refractivity contribution in [2.45, 2.75) is 27.2 Å². The van der Waals surface area contributed by atoms with Crippen LogP contribution in [0, 0.1) is 19.8 Å². The van der Waals surface area contributed by atoms with Crippen molar-refractivity contribution >= 4 is 11.9 Å². The molecule has 16 heavy (non-hydrogen) atoms. The highest BCUT2D eigenvalue weighted by molar-refractivity contribution is 5.70. The predicted molar refractivity (Wildman–Crippen MR) is 61.4 cm³/mol. The molecule has 0 saturated heterocycles. The summed E-state index contributed by atoms with van der Waals surface area (Å²) in [6.45, 7) is 5.97. The summed E-state index contributed by atoms with van der Waals surface area (Å²) in [4.78, 5) is 19.2.